The fourth-order valence-electron chi connectivity index (χ4n) is 19.9. The van der Waals surface area contributed by atoms with Crippen LogP contribution in [0.5, 0.6) is 0 Å². The maximum Gasteiger partial charge on any atom is 0.210 e. The van der Waals surface area contributed by atoms with E-state index in [4.69, 9.17) is 0 Å². The highest BCUT2D eigenvalue weighted by Gasteiger charge is 2.61. The summed E-state index contributed by atoms with van der Waals surface area (Å²) in [7, 11) is -3.38. The molecule has 0 amide bonds. The average molecular weight is 1000 g/mol. The third-order valence-electron chi connectivity index (χ3n) is 24.0. The summed E-state index contributed by atoms with van der Waals surface area (Å²) in [4.78, 5) is 4.49. The van der Waals surface area contributed by atoms with Crippen molar-refractivity contribution < 1.29 is 8.42 Å². The Bertz CT molecular complexity index is 2360. The molecule has 8 fully saturated rings. The van der Waals surface area contributed by atoms with E-state index in [2.05, 4.69) is 97.3 Å². The first-order chi connectivity index (χ1) is 34.0. The van der Waals surface area contributed by atoms with Gasteiger partial charge in [-0.15, -0.1) is 17.9 Å². The zero-order chi connectivity index (χ0) is 49.9. The first-order valence-electron chi connectivity index (χ1n) is 30.2. The molecule has 0 bridgehead atoms. The molecule has 0 N–H and O–H groups in total. The largest absolute Gasteiger partial charge is 0.225 e. The fraction of sp³-hybridized carbons (Fsp3) is 0.773. The van der Waals surface area contributed by atoms with E-state index < -0.39 is 9.84 Å². The smallest absolute Gasteiger partial charge is 0.210 e. The van der Waals surface area contributed by atoms with E-state index in [0.29, 0.717) is 26.5 Å². The molecule has 1 aromatic carbocycles. The highest BCUT2D eigenvalue weighted by molar-refractivity contribution is 7.93. The van der Waals surface area contributed by atoms with E-state index in [9.17, 15) is 8.42 Å². The first kappa shape index (κ1) is 52.5. The summed E-state index contributed by atoms with van der Waals surface area (Å²) in [5.41, 5.74) is 6.26. The van der Waals surface area contributed by atoms with Crippen molar-refractivity contribution in [1.82, 2.24) is 4.98 Å². The van der Waals surface area contributed by atoms with Crippen LogP contribution < -0.4 is 0 Å². The van der Waals surface area contributed by atoms with Crippen LogP contribution in [-0.2, 0) is 9.84 Å². The molecule has 0 aliphatic heterocycles. The molecule has 5 heteroatoms. The number of hydrogen-bond acceptors (Lipinski definition) is 4. The number of thiazole rings is 1. The predicted octanol–water partition coefficient (Wildman–Crippen LogP) is 18.9. The second-order valence-electron chi connectivity index (χ2n) is 27.9. The third-order valence-corrected chi connectivity index (χ3v) is 27.4. The van der Waals surface area contributed by atoms with Crippen LogP contribution >= 0.6 is 11.3 Å². The molecule has 16 atom stereocenters. The summed E-state index contributed by atoms with van der Waals surface area (Å²) in [6.45, 7) is 23.9. The quantitative estimate of drug-likeness (QED) is 0.248. The number of hydrogen-bond donors (Lipinski definition) is 0. The Morgan fingerprint density at radius 3 is 1.72 bits per heavy atom. The molecule has 0 unspecified atom stereocenters. The van der Waals surface area contributed by atoms with Crippen molar-refractivity contribution in [3.63, 3.8) is 0 Å². The van der Waals surface area contributed by atoms with Gasteiger partial charge in [-0.05, 0) is 245 Å². The van der Waals surface area contributed by atoms with Crippen molar-refractivity contribution in [3.05, 3.63) is 72.4 Å². The molecule has 3 nitrogen and oxygen atoms in total. The van der Waals surface area contributed by atoms with Gasteiger partial charge in [-0.2, -0.15) is 0 Å². The number of sulfone groups is 1. The number of fused-ring (bicyclic) bond motifs is 11. The Morgan fingerprint density at radius 1 is 0.662 bits per heavy atom. The maximum atomic E-state index is 13.4. The molecule has 2 aromatic rings. The summed E-state index contributed by atoms with van der Waals surface area (Å²) in [5, 5.41) is 0. The molecule has 8 saturated carbocycles. The van der Waals surface area contributed by atoms with Crippen LogP contribution in [0.1, 0.15) is 209 Å². The lowest BCUT2D eigenvalue weighted by Crippen LogP contribution is -2.50. The van der Waals surface area contributed by atoms with E-state index in [1.807, 2.05) is 29.8 Å². The van der Waals surface area contributed by atoms with Crippen molar-refractivity contribution in [1.29, 1.82) is 0 Å². The van der Waals surface area contributed by atoms with E-state index in [-0.39, 0.29) is 17.1 Å². The minimum absolute atomic E-state index is 0.166. The Kier molecular flexibility index (Phi) is 15.4. The number of para-hydroxylation sites is 1. The number of aromatic nitrogens is 1. The molecule has 392 valence electrons. The van der Waals surface area contributed by atoms with Crippen molar-refractivity contribution in [2.75, 3.05) is 5.75 Å². The van der Waals surface area contributed by atoms with Gasteiger partial charge in [0.15, 0.2) is 0 Å². The molecule has 1 aromatic heterocycles. The molecule has 1 heterocycles. The summed E-state index contributed by atoms with van der Waals surface area (Å²) in [6, 6.07) is 7.75. The topological polar surface area (TPSA) is 47.0 Å². The molecular weight excluding hydrogens is 903 g/mol. The van der Waals surface area contributed by atoms with E-state index in [1.165, 1.54) is 165 Å². The summed E-state index contributed by atoms with van der Waals surface area (Å²) >= 11 is 1.33. The highest BCUT2D eigenvalue weighted by Crippen LogP contribution is 2.69. The Labute approximate surface area is 438 Å². The molecule has 0 radical (unpaired) electrons. The van der Waals surface area contributed by atoms with Crippen molar-refractivity contribution in [2.24, 2.45) is 105 Å². The first-order valence-corrected chi connectivity index (χ1v) is 32.7. The lowest BCUT2D eigenvalue weighted by molar-refractivity contribution is -0.0501. The molecule has 0 spiro atoms. The van der Waals surface area contributed by atoms with Crippen molar-refractivity contribution in [2.45, 2.75) is 214 Å². The summed E-state index contributed by atoms with van der Waals surface area (Å²) in [6.07, 6.45) is 46.4. The predicted molar refractivity (Wildman–Crippen MR) is 302 cm³/mol. The normalized spacial score (nSPS) is 41.9. The summed E-state index contributed by atoms with van der Waals surface area (Å²) in [5.74, 6) is 11.4. The minimum atomic E-state index is -3.38. The molecular formula is C66H99NO2S2. The van der Waals surface area contributed by atoms with Crippen LogP contribution in [0.25, 0.3) is 10.2 Å². The van der Waals surface area contributed by atoms with Gasteiger partial charge in [0.05, 0.1) is 16.0 Å². The fourth-order valence-corrected chi connectivity index (χ4v) is 22.9. The van der Waals surface area contributed by atoms with Gasteiger partial charge < -0.3 is 0 Å². The van der Waals surface area contributed by atoms with Gasteiger partial charge >= 0.3 is 0 Å². The number of nitrogens with zero attached hydrogens (tertiary/aromatic N) is 1. The van der Waals surface area contributed by atoms with Crippen LogP contribution in [0.3, 0.4) is 0 Å². The highest BCUT2D eigenvalue weighted by atomic mass is 32.2. The van der Waals surface area contributed by atoms with Gasteiger partial charge in [0, 0.05) is 0 Å². The maximum absolute atomic E-state index is 13.4. The standard InChI is InChI=1S/C30H41NO2S2.C29H46.C7H12/c1-19-13-15-29(3)21(17-19)9-10-22-24-12-11-23(30(24,4)16-14-25(22)29)20(2)18-35(32,33)28-31-26-7-5-6-8-27(26)34-28;1-20-15-17-28(3)23(19-20)11-12-24-26-14-13-25(29(26,4)18-16-27(24)28)21(2)9-10-22-7-5-6-8-22;1-2-7-5-3-4-6-7/h5-9,19-20,22-25H,10-18H2,1-4H3;9-11,20-22,24-27H,5-8,12-19H2,1-4H3;2,7H,1,3-6H2/b;10-9+;/t19-,20+,22-,23+,24-,25-,29-,30+;20-,21+,24-,25+,26-,27-,28-,29+;/m00./s1. The van der Waals surface area contributed by atoms with Gasteiger partial charge in [0.1, 0.15) is 0 Å². The number of rotatable bonds is 8. The number of benzene rings is 1. The average Bonchev–Trinajstić information content (AvgIpc) is 4.21. The zero-order valence-electron chi connectivity index (χ0n) is 46.2. The van der Waals surface area contributed by atoms with Crippen LogP contribution in [0.4, 0.5) is 0 Å². The summed E-state index contributed by atoms with van der Waals surface area (Å²) < 4.78 is 28.1. The molecule has 12 rings (SSSR count). The van der Waals surface area contributed by atoms with Gasteiger partial charge in [-0.3, -0.25) is 0 Å². The van der Waals surface area contributed by atoms with Crippen molar-refractivity contribution >= 4 is 31.4 Å². The van der Waals surface area contributed by atoms with E-state index in [1.54, 1.807) is 5.57 Å². The van der Waals surface area contributed by atoms with Gasteiger partial charge in [0.25, 0.3) is 0 Å². The van der Waals surface area contributed by atoms with E-state index >= 15 is 0 Å². The van der Waals surface area contributed by atoms with Gasteiger partial charge in [-0.25, -0.2) is 13.4 Å². The second-order valence-corrected chi connectivity index (χ2v) is 31.2. The molecule has 10 aliphatic rings. The lowest BCUT2D eigenvalue weighted by Gasteiger charge is -2.58. The van der Waals surface area contributed by atoms with Crippen molar-refractivity contribution in [3.8, 4) is 0 Å². The Morgan fingerprint density at radius 2 is 1.18 bits per heavy atom. The third kappa shape index (κ3) is 9.90. The van der Waals surface area contributed by atoms with E-state index in [0.717, 1.165) is 81.2 Å². The lowest BCUT2D eigenvalue weighted by atomic mass is 9.46. The van der Waals surface area contributed by atoms with Gasteiger partial charge in [0.2, 0.25) is 14.2 Å². The van der Waals surface area contributed by atoms with Crippen LogP contribution in [-0.4, -0.2) is 19.2 Å². The Balaban J connectivity index is 0.000000146. The SMILES string of the molecule is C=CC1CCCC1.C[C@H]1CC[C@@]2(C)C(=CC[C@H]3[C@@H]4CC[C@H]([C@H](C)/C=C/C5CCCC5)[C@@]4(C)CC[C@@H]32)C1.C[C@H]1CC[C@@]2(C)C(=CC[C@H]3[C@@H]4CC[C@H]([C@H](C)CS(=O)(=O)c5nc6ccccc6s5)[C@@]4(C)CC[C@@H]32)C1. The van der Waals surface area contributed by atoms with Crippen LogP contribution in [0, 0.1) is 105 Å². The van der Waals surface area contributed by atoms with Crippen LogP contribution in [0.15, 0.2) is 76.7 Å². The zero-order valence-corrected chi connectivity index (χ0v) is 47.9. The second kappa shape index (κ2) is 20.9. The molecule has 71 heavy (non-hydrogen) atoms. The minimum Gasteiger partial charge on any atom is -0.225 e. The molecule has 10 aliphatic carbocycles. The monoisotopic (exact) mass is 1000 g/mol. The molecule has 0 saturated heterocycles. The Hall–Kier alpha value is -1.98. The van der Waals surface area contributed by atoms with Gasteiger partial charge in [-0.1, -0.05) is 135 Å². The van der Waals surface area contributed by atoms with Crippen LogP contribution in [0.2, 0.25) is 0 Å². The number of allylic oxidation sites excluding steroid dienone is 7.